The van der Waals surface area contributed by atoms with Crippen LogP contribution in [0.25, 0.3) is 0 Å². The Morgan fingerprint density at radius 2 is 0.846 bits per heavy atom. The number of hydrogen-bond donors (Lipinski definition) is 6. The standard InChI is InChI=1S/C56H70Cl4N8O8S2/c1-67-35-49(47-31-41(57)33-53(59)51(47)37-67)39-5-3-7-45(29-39)77-63-15-19-73-23-27-75-25-21-71-17-13-61-55(69)65-43-9-11-44(12-10-43)66-56(70)62-14-18-72-22-26-76-28-24-74-20-16-64-78-46-8-4-6-40(30-46)50-36-68(2)38-52-48(50)32-42(58)34-54(52)60/h3-12,29-34,49-50,63-64H,13-28,35-38H2,1-2H3,(H2,61,65,69)(H2,62,66,70). The normalized spacial score (nSPS) is 15.4. The van der Waals surface area contributed by atoms with Gasteiger partial charge in [-0.2, -0.15) is 0 Å². The zero-order valence-electron chi connectivity index (χ0n) is 44.0. The zero-order valence-corrected chi connectivity index (χ0v) is 48.7. The quantitative estimate of drug-likeness (QED) is 0.0178. The van der Waals surface area contributed by atoms with Gasteiger partial charge in [0.1, 0.15) is 0 Å². The minimum absolute atomic E-state index is 0.189. The first-order valence-corrected chi connectivity index (χ1v) is 29.1. The van der Waals surface area contributed by atoms with Gasteiger partial charge in [-0.15, -0.1) is 0 Å². The topological polar surface area (TPSA) is 168 Å². The Balaban J connectivity index is 0.614. The molecule has 2 aliphatic rings. The van der Waals surface area contributed by atoms with Crippen molar-refractivity contribution in [3.05, 3.63) is 151 Å². The molecular weight excluding hydrogens is 1120 g/mol. The molecule has 22 heteroatoms. The number of carbonyl (C=O) groups is 2. The monoisotopic (exact) mass is 1190 g/mol. The van der Waals surface area contributed by atoms with Crippen LogP contribution in [0, 0.1) is 0 Å². The van der Waals surface area contributed by atoms with Crippen LogP contribution in [0.2, 0.25) is 20.1 Å². The molecule has 0 aliphatic carbocycles. The second kappa shape index (κ2) is 33.8. The Labute approximate surface area is 487 Å². The zero-order chi connectivity index (χ0) is 54.9. The summed E-state index contributed by atoms with van der Waals surface area (Å²) in [6, 6.07) is 30.9. The minimum Gasteiger partial charge on any atom is -0.378 e. The van der Waals surface area contributed by atoms with Crippen molar-refractivity contribution in [2.75, 3.05) is 143 Å². The van der Waals surface area contributed by atoms with Crippen molar-refractivity contribution in [1.29, 1.82) is 0 Å². The van der Waals surface area contributed by atoms with Gasteiger partial charge in [0.15, 0.2) is 0 Å². The third kappa shape index (κ3) is 20.9. The molecule has 0 saturated carbocycles. The van der Waals surface area contributed by atoms with E-state index in [1.54, 1.807) is 48.2 Å². The van der Waals surface area contributed by atoms with Crippen LogP contribution in [0.3, 0.4) is 0 Å². The lowest BCUT2D eigenvalue weighted by Crippen LogP contribution is -2.32. The predicted octanol–water partition coefficient (Wildman–Crippen LogP) is 10.4. The van der Waals surface area contributed by atoms with Crippen molar-refractivity contribution in [2.45, 2.75) is 34.7 Å². The molecule has 2 heterocycles. The van der Waals surface area contributed by atoms with Gasteiger partial charge >= 0.3 is 12.1 Å². The number of hydrogen-bond acceptors (Lipinski definition) is 14. The first-order valence-electron chi connectivity index (χ1n) is 26.0. The second-order valence-corrected chi connectivity index (χ2v) is 22.2. The summed E-state index contributed by atoms with van der Waals surface area (Å²) in [4.78, 5) is 31.6. The van der Waals surface area contributed by atoms with Crippen LogP contribution in [0.15, 0.2) is 107 Å². The van der Waals surface area contributed by atoms with Crippen LogP contribution in [0.1, 0.15) is 45.2 Å². The molecule has 7 rings (SSSR count). The molecule has 5 aromatic rings. The summed E-state index contributed by atoms with van der Waals surface area (Å²) in [7, 11) is 4.23. The molecule has 16 nitrogen and oxygen atoms in total. The first kappa shape index (κ1) is 61.7. The number of amides is 4. The SMILES string of the molecule is CN1Cc2c(Cl)cc(Cl)cc2C(c2cccc(SNCCOCCOCCOCCNC(=O)Nc3ccc(NC(=O)NCCOCCOCCOCCNSc4cccc(C5CN(C)Cc6c(Cl)cc(Cl)cc65)c4)cc3)c2)C1. The number of fused-ring (bicyclic) bond motifs is 2. The molecular formula is C56H70Cl4N8O8S2. The van der Waals surface area contributed by atoms with E-state index >= 15 is 0 Å². The summed E-state index contributed by atoms with van der Waals surface area (Å²) in [6.45, 7) is 10.7. The highest BCUT2D eigenvalue weighted by Crippen LogP contribution is 2.40. The van der Waals surface area contributed by atoms with Gasteiger partial charge in [-0.05, 0) is 144 Å². The van der Waals surface area contributed by atoms with E-state index in [2.05, 4.69) is 103 Å². The molecule has 422 valence electrons. The van der Waals surface area contributed by atoms with Crippen molar-refractivity contribution < 1.29 is 38.0 Å². The predicted molar refractivity (Wildman–Crippen MR) is 315 cm³/mol. The maximum Gasteiger partial charge on any atom is 0.319 e. The summed E-state index contributed by atoms with van der Waals surface area (Å²) in [6.07, 6.45) is 0. The van der Waals surface area contributed by atoms with Gasteiger partial charge in [-0.3, -0.25) is 9.44 Å². The first-order chi connectivity index (χ1) is 38.0. The number of anilines is 2. The van der Waals surface area contributed by atoms with Gasteiger partial charge in [0, 0.05) is 105 Å². The molecule has 2 aliphatic heterocycles. The van der Waals surface area contributed by atoms with Crippen molar-refractivity contribution in [2.24, 2.45) is 0 Å². The lowest BCUT2D eigenvalue weighted by Gasteiger charge is -2.33. The number of likely N-dealkylation sites (N-methyl/N-ethyl adjacent to an activating group) is 2. The molecule has 78 heavy (non-hydrogen) atoms. The number of nitrogens with one attached hydrogen (secondary N) is 6. The molecule has 0 fully saturated rings. The molecule has 4 amide bonds. The van der Waals surface area contributed by atoms with Crippen LogP contribution in [-0.2, 0) is 41.5 Å². The van der Waals surface area contributed by atoms with E-state index in [1.165, 1.54) is 22.3 Å². The summed E-state index contributed by atoms with van der Waals surface area (Å²) in [5, 5.41) is 13.8. The van der Waals surface area contributed by atoms with Crippen LogP contribution < -0.4 is 30.7 Å². The van der Waals surface area contributed by atoms with E-state index in [0.717, 1.165) is 57.1 Å². The average molecular weight is 1190 g/mol. The third-order valence-electron chi connectivity index (χ3n) is 12.5. The average Bonchev–Trinajstić information content (AvgIpc) is 3.57. The largest absolute Gasteiger partial charge is 0.378 e. The van der Waals surface area contributed by atoms with E-state index in [-0.39, 0.29) is 23.9 Å². The van der Waals surface area contributed by atoms with Crippen molar-refractivity contribution in [3.8, 4) is 0 Å². The summed E-state index contributed by atoms with van der Waals surface area (Å²) >= 11 is 29.1. The number of benzene rings is 5. The fourth-order valence-corrected chi connectivity index (χ4v) is 11.4. The van der Waals surface area contributed by atoms with Crippen LogP contribution >= 0.6 is 70.3 Å². The van der Waals surface area contributed by atoms with Gasteiger partial charge in [0.25, 0.3) is 0 Å². The Morgan fingerprint density at radius 1 is 0.487 bits per heavy atom. The van der Waals surface area contributed by atoms with E-state index in [1.807, 2.05) is 24.3 Å². The third-order valence-corrected chi connectivity index (χ3v) is 15.3. The van der Waals surface area contributed by atoms with E-state index < -0.39 is 0 Å². The number of halogens is 4. The minimum atomic E-state index is -0.369. The molecule has 2 unspecified atom stereocenters. The highest BCUT2D eigenvalue weighted by Gasteiger charge is 2.29. The molecule has 0 saturated heterocycles. The Bertz CT molecular complexity index is 2490. The Hall–Kier alpha value is -3.90. The molecule has 0 radical (unpaired) electrons. The van der Waals surface area contributed by atoms with Crippen LogP contribution in [0.4, 0.5) is 21.0 Å². The van der Waals surface area contributed by atoms with Gasteiger partial charge in [0.2, 0.25) is 0 Å². The van der Waals surface area contributed by atoms with Gasteiger partial charge in [0.05, 0.1) is 79.3 Å². The summed E-state index contributed by atoms with van der Waals surface area (Å²) in [5.74, 6) is 0.379. The van der Waals surface area contributed by atoms with E-state index in [9.17, 15) is 9.59 Å². The highest BCUT2D eigenvalue weighted by molar-refractivity contribution is 7.97. The van der Waals surface area contributed by atoms with Crippen molar-refractivity contribution >= 4 is 93.7 Å². The smallest absolute Gasteiger partial charge is 0.319 e. The lowest BCUT2D eigenvalue weighted by atomic mass is 9.85. The van der Waals surface area contributed by atoms with Crippen LogP contribution in [0.5, 0.6) is 0 Å². The van der Waals surface area contributed by atoms with Gasteiger partial charge < -0.3 is 59.5 Å². The number of rotatable bonds is 32. The fraction of sp³-hybridized carbons (Fsp3) is 0.429. The molecule has 6 N–H and O–H groups in total. The molecule has 5 aromatic carbocycles. The number of nitrogens with zero attached hydrogens (tertiary/aromatic N) is 2. The van der Waals surface area contributed by atoms with E-state index in [4.69, 9.17) is 74.8 Å². The Kier molecular flexibility index (Phi) is 26.7. The molecule has 2 atom stereocenters. The molecule has 0 bridgehead atoms. The second-order valence-electron chi connectivity index (χ2n) is 18.6. The summed E-state index contributed by atoms with van der Waals surface area (Å²) in [5.41, 5.74) is 8.27. The van der Waals surface area contributed by atoms with Crippen LogP contribution in [-0.4, -0.2) is 155 Å². The number of urea groups is 2. The highest BCUT2D eigenvalue weighted by atomic mass is 35.5. The number of ether oxygens (including phenoxy) is 6. The van der Waals surface area contributed by atoms with Gasteiger partial charge in [-0.1, -0.05) is 70.7 Å². The van der Waals surface area contributed by atoms with Gasteiger partial charge in [-0.25, -0.2) is 9.59 Å². The lowest BCUT2D eigenvalue weighted by molar-refractivity contribution is 0.0166. The van der Waals surface area contributed by atoms with E-state index in [0.29, 0.717) is 127 Å². The molecule has 0 aromatic heterocycles. The number of carbonyl (C=O) groups excluding carboxylic acids is 2. The summed E-state index contributed by atoms with van der Waals surface area (Å²) < 4.78 is 40.5. The maximum atomic E-state index is 12.4. The van der Waals surface area contributed by atoms with Crippen molar-refractivity contribution in [1.82, 2.24) is 29.9 Å². The fourth-order valence-electron chi connectivity index (χ4n) is 8.89. The molecule has 0 spiro atoms. The maximum absolute atomic E-state index is 12.4. The van der Waals surface area contributed by atoms with Crippen molar-refractivity contribution in [3.63, 3.8) is 0 Å². The Morgan fingerprint density at radius 3 is 1.23 bits per heavy atom.